The number of amides is 1. The van der Waals surface area contributed by atoms with Crippen molar-refractivity contribution in [3.63, 3.8) is 0 Å². The zero-order chi connectivity index (χ0) is 13.9. The molecule has 0 aromatic rings. The fourth-order valence-electron chi connectivity index (χ4n) is 2.66. The first-order valence-corrected chi connectivity index (χ1v) is 8.01. The minimum atomic E-state index is -0.354. The zero-order valence-corrected chi connectivity index (χ0v) is 12.7. The van der Waals surface area contributed by atoms with Crippen molar-refractivity contribution in [1.82, 2.24) is 10.3 Å². The maximum absolute atomic E-state index is 11.4. The molecule has 0 aliphatic carbocycles. The van der Waals surface area contributed by atoms with Crippen LogP contribution in [-0.4, -0.2) is 53.1 Å². The van der Waals surface area contributed by atoms with E-state index in [1.165, 1.54) is 12.2 Å². The van der Waals surface area contributed by atoms with Crippen molar-refractivity contribution < 1.29 is 9.53 Å². The van der Waals surface area contributed by atoms with Gasteiger partial charge in [0.25, 0.3) is 5.91 Å². The van der Waals surface area contributed by atoms with Crippen LogP contribution in [0.4, 0.5) is 0 Å². The lowest BCUT2D eigenvalue weighted by Crippen LogP contribution is -2.40. The van der Waals surface area contributed by atoms with Gasteiger partial charge in [0.2, 0.25) is 0 Å². The van der Waals surface area contributed by atoms with Gasteiger partial charge >= 0.3 is 0 Å². The van der Waals surface area contributed by atoms with Crippen LogP contribution in [0.1, 0.15) is 33.1 Å². The maximum atomic E-state index is 11.4. The van der Waals surface area contributed by atoms with Crippen LogP contribution in [0.2, 0.25) is 0 Å². The summed E-state index contributed by atoms with van der Waals surface area (Å²) in [5.41, 5.74) is 2.17. The van der Waals surface area contributed by atoms with Crippen molar-refractivity contribution in [3.8, 4) is 0 Å². The van der Waals surface area contributed by atoms with Crippen LogP contribution in [-0.2, 0) is 9.53 Å². The minimum absolute atomic E-state index is 0.175. The molecule has 0 spiro atoms. The van der Waals surface area contributed by atoms with E-state index in [0.717, 1.165) is 32.5 Å². The summed E-state index contributed by atoms with van der Waals surface area (Å²) in [6, 6.07) is 0. The lowest BCUT2D eigenvalue weighted by molar-refractivity contribution is -0.132. The Balaban J connectivity index is 1.78. The third-order valence-corrected chi connectivity index (χ3v) is 5.31. The van der Waals surface area contributed by atoms with E-state index in [9.17, 15) is 4.79 Å². The van der Waals surface area contributed by atoms with Gasteiger partial charge in [-0.1, -0.05) is 13.8 Å². The predicted molar refractivity (Wildman–Crippen MR) is 77.8 cm³/mol. The summed E-state index contributed by atoms with van der Waals surface area (Å²) in [6.45, 7) is 7.80. The van der Waals surface area contributed by atoms with Crippen LogP contribution in [0.15, 0.2) is 0 Å². The number of carbonyl (C=O) groups excluding carboxylic acids is 1. The largest absolute Gasteiger partial charge is 0.364 e. The summed E-state index contributed by atoms with van der Waals surface area (Å²) in [5.74, 6) is 6.11. The number of nitrogens with two attached hydrogens (primary N) is 1. The highest BCUT2D eigenvalue weighted by Crippen LogP contribution is 2.31. The lowest BCUT2D eigenvalue weighted by atomic mass is 10.1. The molecule has 3 N–H and O–H groups in total. The molecule has 2 atom stereocenters. The quantitative estimate of drug-likeness (QED) is 0.455. The van der Waals surface area contributed by atoms with Gasteiger partial charge in [0, 0.05) is 23.6 Å². The summed E-state index contributed by atoms with van der Waals surface area (Å²) < 4.78 is 6.15. The van der Waals surface area contributed by atoms with Crippen molar-refractivity contribution >= 4 is 17.7 Å². The van der Waals surface area contributed by atoms with Crippen LogP contribution in [0.3, 0.4) is 0 Å². The standard InChI is InChI=1S/C13H25N3O2S/c1-13(2)5-6-16(7-8-19-13)9-10-3-4-11(18-10)12(17)15-14/h10-11H,3-9,14H2,1-2H3,(H,15,17). The Morgan fingerprint density at radius 2 is 2.26 bits per heavy atom. The molecule has 110 valence electrons. The van der Waals surface area contributed by atoms with E-state index >= 15 is 0 Å². The van der Waals surface area contributed by atoms with Crippen molar-refractivity contribution in [3.05, 3.63) is 0 Å². The molecule has 0 saturated carbocycles. The van der Waals surface area contributed by atoms with Gasteiger partial charge in [0.1, 0.15) is 6.10 Å². The minimum Gasteiger partial charge on any atom is -0.364 e. The molecule has 6 heteroatoms. The van der Waals surface area contributed by atoms with Crippen LogP contribution in [0.5, 0.6) is 0 Å². The first-order chi connectivity index (χ1) is 9.00. The summed E-state index contributed by atoms with van der Waals surface area (Å²) in [6.07, 6.45) is 2.76. The number of thioether (sulfide) groups is 1. The molecule has 2 aliphatic rings. The molecule has 0 aromatic heterocycles. The van der Waals surface area contributed by atoms with E-state index in [2.05, 4.69) is 24.2 Å². The third kappa shape index (κ3) is 4.34. The van der Waals surface area contributed by atoms with Gasteiger partial charge in [-0.2, -0.15) is 11.8 Å². The average Bonchev–Trinajstić information content (AvgIpc) is 2.76. The summed E-state index contributed by atoms with van der Waals surface area (Å²) in [7, 11) is 0. The van der Waals surface area contributed by atoms with Gasteiger partial charge in [-0.25, -0.2) is 5.84 Å². The smallest absolute Gasteiger partial charge is 0.263 e. The van der Waals surface area contributed by atoms with Crippen molar-refractivity contribution in [1.29, 1.82) is 0 Å². The SMILES string of the molecule is CC1(C)CCN(CC2CCC(C(=O)NN)O2)CCS1. The highest BCUT2D eigenvalue weighted by Gasteiger charge is 2.32. The highest BCUT2D eigenvalue weighted by atomic mass is 32.2. The number of nitrogens with zero attached hydrogens (tertiary/aromatic N) is 1. The number of nitrogens with one attached hydrogen (secondary N) is 1. The Labute approximate surface area is 119 Å². The van der Waals surface area contributed by atoms with E-state index in [1.54, 1.807) is 0 Å². The Morgan fingerprint density at radius 1 is 1.47 bits per heavy atom. The second kappa shape index (κ2) is 6.43. The molecule has 19 heavy (non-hydrogen) atoms. The molecule has 2 fully saturated rings. The van der Waals surface area contributed by atoms with Crippen LogP contribution in [0, 0.1) is 0 Å². The summed E-state index contributed by atoms with van der Waals surface area (Å²) in [4.78, 5) is 13.9. The zero-order valence-electron chi connectivity index (χ0n) is 11.9. The Morgan fingerprint density at radius 3 is 3.00 bits per heavy atom. The second-order valence-electron chi connectivity index (χ2n) is 5.99. The molecule has 0 bridgehead atoms. The van der Waals surface area contributed by atoms with Crippen molar-refractivity contribution in [2.24, 2.45) is 5.84 Å². The van der Waals surface area contributed by atoms with Gasteiger partial charge in [-0.15, -0.1) is 0 Å². The number of hydrogen-bond donors (Lipinski definition) is 2. The number of carbonyl (C=O) groups is 1. The van der Waals surface area contributed by atoms with E-state index in [0.29, 0.717) is 4.75 Å². The Kier molecular flexibility index (Phi) is 5.11. The normalized spacial score (nSPS) is 31.9. The second-order valence-corrected chi connectivity index (χ2v) is 7.79. The molecule has 2 saturated heterocycles. The molecule has 2 unspecified atom stereocenters. The highest BCUT2D eigenvalue weighted by molar-refractivity contribution is 8.00. The molecule has 2 aliphatic heterocycles. The Bertz CT molecular complexity index is 325. The van der Waals surface area contributed by atoms with E-state index in [-0.39, 0.29) is 18.1 Å². The van der Waals surface area contributed by atoms with Gasteiger partial charge in [0.15, 0.2) is 0 Å². The predicted octanol–water partition coefficient (Wildman–Crippen LogP) is 0.741. The van der Waals surface area contributed by atoms with Crippen LogP contribution < -0.4 is 11.3 Å². The van der Waals surface area contributed by atoms with E-state index in [4.69, 9.17) is 10.6 Å². The molecule has 0 aromatic carbocycles. The molecule has 2 rings (SSSR count). The number of hydrazine groups is 1. The van der Waals surface area contributed by atoms with E-state index < -0.39 is 0 Å². The monoisotopic (exact) mass is 287 g/mol. The van der Waals surface area contributed by atoms with Gasteiger partial charge in [0.05, 0.1) is 6.10 Å². The van der Waals surface area contributed by atoms with E-state index in [1.807, 2.05) is 11.8 Å². The Hall–Kier alpha value is -0.300. The molecular weight excluding hydrogens is 262 g/mol. The topological polar surface area (TPSA) is 67.6 Å². The van der Waals surface area contributed by atoms with Crippen LogP contribution in [0.25, 0.3) is 0 Å². The van der Waals surface area contributed by atoms with Gasteiger partial charge in [-0.3, -0.25) is 15.1 Å². The molecule has 5 nitrogen and oxygen atoms in total. The number of ether oxygens (including phenoxy) is 1. The first-order valence-electron chi connectivity index (χ1n) is 7.02. The number of rotatable bonds is 3. The molecule has 1 amide bonds. The summed E-state index contributed by atoms with van der Waals surface area (Å²) >= 11 is 2.05. The van der Waals surface area contributed by atoms with Crippen LogP contribution >= 0.6 is 11.8 Å². The van der Waals surface area contributed by atoms with Gasteiger partial charge < -0.3 is 4.74 Å². The van der Waals surface area contributed by atoms with Gasteiger partial charge in [-0.05, 0) is 25.8 Å². The summed E-state index contributed by atoms with van der Waals surface area (Å²) in [5, 5.41) is 0. The molecule has 0 radical (unpaired) electrons. The number of hydrogen-bond acceptors (Lipinski definition) is 5. The molecule has 2 heterocycles. The van der Waals surface area contributed by atoms with Crippen molar-refractivity contribution in [2.45, 2.75) is 50.1 Å². The third-order valence-electron chi connectivity index (χ3n) is 3.93. The van der Waals surface area contributed by atoms with Crippen molar-refractivity contribution in [2.75, 3.05) is 25.4 Å². The fourth-order valence-corrected chi connectivity index (χ4v) is 3.80. The first kappa shape index (κ1) is 15.1. The molecular formula is C13H25N3O2S. The fraction of sp³-hybridized carbons (Fsp3) is 0.923. The average molecular weight is 287 g/mol. The lowest BCUT2D eigenvalue weighted by Gasteiger charge is -2.24. The maximum Gasteiger partial charge on any atom is 0.263 e.